The van der Waals surface area contributed by atoms with Gasteiger partial charge in [-0.15, -0.1) is 11.6 Å². The highest BCUT2D eigenvalue weighted by Crippen LogP contribution is 2.19. The van der Waals surface area contributed by atoms with E-state index >= 15 is 0 Å². The molecule has 14 heavy (non-hydrogen) atoms. The summed E-state index contributed by atoms with van der Waals surface area (Å²) in [7, 11) is 1.62. The molecule has 0 saturated heterocycles. The molecular formula is C9H12Cl2N2O. The van der Waals surface area contributed by atoms with Gasteiger partial charge in [0.1, 0.15) is 0 Å². The molecule has 0 aliphatic rings. The number of ether oxygens (including phenoxy) is 1. The van der Waals surface area contributed by atoms with Crippen LogP contribution in [0.2, 0.25) is 5.02 Å². The molecular weight excluding hydrogens is 223 g/mol. The van der Waals surface area contributed by atoms with Gasteiger partial charge in [-0.1, -0.05) is 11.6 Å². The summed E-state index contributed by atoms with van der Waals surface area (Å²) in [5.74, 6) is 0. The lowest BCUT2D eigenvalue weighted by atomic mass is 10.3. The predicted octanol–water partition coefficient (Wildman–Crippen LogP) is 2.40. The number of nitrogens with zero attached hydrogens (tertiary/aromatic N) is 1. The molecule has 0 aromatic carbocycles. The summed E-state index contributed by atoms with van der Waals surface area (Å²) in [6, 6.07) is 1.80. The van der Waals surface area contributed by atoms with Crippen molar-refractivity contribution in [2.24, 2.45) is 0 Å². The Morgan fingerprint density at radius 1 is 1.64 bits per heavy atom. The minimum atomic E-state index is -0.0655. The summed E-state index contributed by atoms with van der Waals surface area (Å²) >= 11 is 11.8. The van der Waals surface area contributed by atoms with Gasteiger partial charge in [-0.05, 0) is 6.07 Å². The molecule has 0 amide bonds. The van der Waals surface area contributed by atoms with Gasteiger partial charge in [-0.3, -0.25) is 4.98 Å². The first kappa shape index (κ1) is 11.6. The van der Waals surface area contributed by atoms with Crippen LogP contribution in [0.1, 0.15) is 0 Å². The third kappa shape index (κ3) is 3.70. The first-order chi connectivity index (χ1) is 6.74. The van der Waals surface area contributed by atoms with E-state index in [1.807, 2.05) is 0 Å². The number of hydrogen-bond donors (Lipinski definition) is 1. The summed E-state index contributed by atoms with van der Waals surface area (Å²) in [4.78, 5) is 3.88. The Labute approximate surface area is 93.4 Å². The van der Waals surface area contributed by atoms with Crippen molar-refractivity contribution in [3.8, 4) is 0 Å². The number of nitrogens with one attached hydrogen (secondary N) is 1. The van der Waals surface area contributed by atoms with E-state index in [-0.39, 0.29) is 5.38 Å². The van der Waals surface area contributed by atoms with Crippen LogP contribution in [0.15, 0.2) is 18.5 Å². The Morgan fingerprint density at radius 2 is 2.43 bits per heavy atom. The highest BCUT2D eigenvalue weighted by Gasteiger charge is 2.04. The molecule has 1 unspecified atom stereocenters. The van der Waals surface area contributed by atoms with Gasteiger partial charge in [0.15, 0.2) is 0 Å². The van der Waals surface area contributed by atoms with Crippen LogP contribution >= 0.6 is 23.2 Å². The standard InChI is InChI=1S/C9H12Cl2N2O/c1-14-6-7(10)4-13-9-2-3-12-5-8(9)11/h2-3,5,7H,4,6H2,1H3,(H,12,13). The van der Waals surface area contributed by atoms with Gasteiger partial charge in [0.2, 0.25) is 0 Å². The summed E-state index contributed by atoms with van der Waals surface area (Å²) in [5, 5.41) is 3.64. The first-order valence-electron chi connectivity index (χ1n) is 4.20. The number of aromatic nitrogens is 1. The second-order valence-corrected chi connectivity index (χ2v) is 3.81. The topological polar surface area (TPSA) is 34.1 Å². The molecule has 0 radical (unpaired) electrons. The van der Waals surface area contributed by atoms with E-state index in [1.165, 1.54) is 0 Å². The maximum atomic E-state index is 5.94. The molecule has 0 spiro atoms. The highest BCUT2D eigenvalue weighted by molar-refractivity contribution is 6.33. The number of methoxy groups -OCH3 is 1. The lowest BCUT2D eigenvalue weighted by Crippen LogP contribution is -2.19. The van der Waals surface area contributed by atoms with Gasteiger partial charge in [-0.25, -0.2) is 0 Å². The average molecular weight is 235 g/mol. The van der Waals surface area contributed by atoms with Gasteiger partial charge in [-0.2, -0.15) is 0 Å². The largest absolute Gasteiger partial charge is 0.383 e. The average Bonchev–Trinajstić information content (AvgIpc) is 2.17. The van der Waals surface area contributed by atoms with Crippen molar-refractivity contribution >= 4 is 28.9 Å². The summed E-state index contributed by atoms with van der Waals surface area (Å²) in [6.45, 7) is 1.12. The molecule has 3 nitrogen and oxygen atoms in total. The number of halogens is 2. The molecule has 1 aromatic heterocycles. The second-order valence-electron chi connectivity index (χ2n) is 2.79. The van der Waals surface area contributed by atoms with Crippen molar-refractivity contribution in [1.82, 2.24) is 4.98 Å². The van der Waals surface area contributed by atoms with Gasteiger partial charge in [0.05, 0.1) is 22.7 Å². The Morgan fingerprint density at radius 3 is 3.07 bits per heavy atom. The smallest absolute Gasteiger partial charge is 0.0820 e. The van der Waals surface area contributed by atoms with Crippen molar-refractivity contribution < 1.29 is 4.74 Å². The fourth-order valence-corrected chi connectivity index (χ4v) is 1.37. The Balaban J connectivity index is 2.41. The van der Waals surface area contributed by atoms with Crippen molar-refractivity contribution in [2.45, 2.75) is 5.38 Å². The first-order valence-corrected chi connectivity index (χ1v) is 5.02. The van der Waals surface area contributed by atoms with Crippen molar-refractivity contribution in [3.63, 3.8) is 0 Å². The Kier molecular flexibility index (Phi) is 5.01. The quantitative estimate of drug-likeness (QED) is 0.795. The molecule has 78 valence electrons. The maximum absolute atomic E-state index is 5.94. The third-order valence-corrected chi connectivity index (χ3v) is 2.22. The lowest BCUT2D eigenvalue weighted by molar-refractivity contribution is 0.200. The normalized spacial score (nSPS) is 12.5. The van der Waals surface area contributed by atoms with Crippen molar-refractivity contribution in [2.75, 3.05) is 25.6 Å². The zero-order valence-electron chi connectivity index (χ0n) is 7.84. The van der Waals surface area contributed by atoms with Crippen LogP contribution in [-0.4, -0.2) is 30.6 Å². The minimum Gasteiger partial charge on any atom is -0.383 e. The van der Waals surface area contributed by atoms with Crippen molar-refractivity contribution in [3.05, 3.63) is 23.5 Å². The predicted molar refractivity (Wildman–Crippen MR) is 59.3 cm³/mol. The number of hydrogen-bond acceptors (Lipinski definition) is 3. The zero-order valence-corrected chi connectivity index (χ0v) is 9.35. The minimum absolute atomic E-state index is 0.0655. The summed E-state index contributed by atoms with van der Waals surface area (Å²) in [5.41, 5.74) is 0.836. The molecule has 0 saturated carbocycles. The summed E-state index contributed by atoms with van der Waals surface area (Å²) in [6.07, 6.45) is 3.26. The lowest BCUT2D eigenvalue weighted by Gasteiger charge is -2.11. The number of anilines is 1. The Bertz CT molecular complexity index is 283. The van der Waals surface area contributed by atoms with E-state index in [0.29, 0.717) is 18.2 Å². The molecule has 1 N–H and O–H groups in total. The monoisotopic (exact) mass is 234 g/mol. The van der Waals surface area contributed by atoms with Gasteiger partial charge in [0.25, 0.3) is 0 Å². The van der Waals surface area contributed by atoms with E-state index in [4.69, 9.17) is 27.9 Å². The molecule has 0 fully saturated rings. The maximum Gasteiger partial charge on any atom is 0.0820 e. The van der Waals surface area contributed by atoms with Crippen LogP contribution in [0.25, 0.3) is 0 Å². The molecule has 0 aliphatic heterocycles. The van der Waals surface area contributed by atoms with Crippen LogP contribution in [0.4, 0.5) is 5.69 Å². The molecule has 1 rings (SSSR count). The van der Waals surface area contributed by atoms with E-state index in [0.717, 1.165) is 5.69 Å². The van der Waals surface area contributed by atoms with Crippen LogP contribution < -0.4 is 5.32 Å². The highest BCUT2D eigenvalue weighted by atomic mass is 35.5. The molecule has 1 atom stereocenters. The summed E-state index contributed by atoms with van der Waals surface area (Å²) < 4.78 is 4.90. The fraction of sp³-hybridized carbons (Fsp3) is 0.444. The second kappa shape index (κ2) is 6.06. The fourth-order valence-electron chi connectivity index (χ4n) is 0.979. The molecule has 1 aromatic rings. The van der Waals surface area contributed by atoms with E-state index in [2.05, 4.69) is 10.3 Å². The van der Waals surface area contributed by atoms with Crippen LogP contribution in [0.5, 0.6) is 0 Å². The SMILES string of the molecule is COCC(Cl)CNc1ccncc1Cl. The number of alkyl halides is 1. The van der Waals surface area contributed by atoms with Gasteiger partial charge < -0.3 is 10.1 Å². The molecule has 5 heteroatoms. The van der Waals surface area contributed by atoms with Crippen LogP contribution in [0, 0.1) is 0 Å². The molecule has 1 heterocycles. The number of rotatable bonds is 5. The van der Waals surface area contributed by atoms with E-state index in [1.54, 1.807) is 25.6 Å². The molecule has 0 aliphatic carbocycles. The number of pyridine rings is 1. The van der Waals surface area contributed by atoms with Gasteiger partial charge >= 0.3 is 0 Å². The van der Waals surface area contributed by atoms with E-state index in [9.17, 15) is 0 Å². The molecule has 0 bridgehead atoms. The zero-order chi connectivity index (χ0) is 10.4. The van der Waals surface area contributed by atoms with Crippen LogP contribution in [0.3, 0.4) is 0 Å². The third-order valence-electron chi connectivity index (χ3n) is 1.63. The van der Waals surface area contributed by atoms with E-state index < -0.39 is 0 Å². The van der Waals surface area contributed by atoms with Gasteiger partial charge in [0, 0.05) is 26.0 Å². The Hall–Kier alpha value is -0.510. The van der Waals surface area contributed by atoms with Crippen molar-refractivity contribution in [1.29, 1.82) is 0 Å². The van der Waals surface area contributed by atoms with Crippen LogP contribution in [-0.2, 0) is 4.74 Å².